The Morgan fingerprint density at radius 1 is 1.25 bits per heavy atom. The number of hydrogen-bond donors (Lipinski definition) is 2. The van der Waals surface area contributed by atoms with Crippen molar-refractivity contribution in [2.24, 2.45) is 0 Å². The Hall–Kier alpha value is -1.39. The summed E-state index contributed by atoms with van der Waals surface area (Å²) in [6.07, 6.45) is 1.36. The van der Waals surface area contributed by atoms with Gasteiger partial charge in [0.05, 0.1) is 6.17 Å². The molecule has 4 heteroatoms. The third-order valence-corrected chi connectivity index (χ3v) is 2.53. The van der Waals surface area contributed by atoms with Crippen molar-refractivity contribution in [2.75, 3.05) is 13.1 Å². The Kier molecular flexibility index (Phi) is 3.54. The normalized spacial score (nSPS) is 17.1. The molecule has 0 aliphatic carbocycles. The zero-order valence-corrected chi connectivity index (χ0v) is 9.32. The SMILES string of the molecule is CC(=O)Oc1ccc(C2NCCCN2)cc1. The smallest absolute Gasteiger partial charge is 0.308 e. The van der Waals surface area contributed by atoms with E-state index < -0.39 is 0 Å². The van der Waals surface area contributed by atoms with Gasteiger partial charge in [0, 0.05) is 6.92 Å². The molecule has 0 unspecified atom stereocenters. The average Bonchev–Trinajstić information content (AvgIpc) is 2.30. The maximum atomic E-state index is 10.8. The highest BCUT2D eigenvalue weighted by Gasteiger charge is 2.13. The van der Waals surface area contributed by atoms with E-state index in [0.29, 0.717) is 5.75 Å². The number of rotatable bonds is 2. The topological polar surface area (TPSA) is 50.4 Å². The van der Waals surface area contributed by atoms with Crippen molar-refractivity contribution in [3.63, 3.8) is 0 Å². The lowest BCUT2D eigenvalue weighted by molar-refractivity contribution is -0.131. The number of esters is 1. The fraction of sp³-hybridized carbons (Fsp3) is 0.417. The summed E-state index contributed by atoms with van der Waals surface area (Å²) in [5.74, 6) is 0.300. The number of ether oxygens (including phenoxy) is 1. The maximum Gasteiger partial charge on any atom is 0.308 e. The third-order valence-electron chi connectivity index (χ3n) is 2.53. The minimum Gasteiger partial charge on any atom is -0.427 e. The molecule has 4 nitrogen and oxygen atoms in total. The van der Waals surface area contributed by atoms with Gasteiger partial charge in [-0.05, 0) is 37.2 Å². The number of benzene rings is 1. The highest BCUT2D eigenvalue weighted by molar-refractivity contribution is 5.69. The lowest BCUT2D eigenvalue weighted by Gasteiger charge is -2.25. The van der Waals surface area contributed by atoms with E-state index in [9.17, 15) is 4.79 Å². The molecule has 0 bridgehead atoms. The van der Waals surface area contributed by atoms with Crippen LogP contribution in [0.1, 0.15) is 25.1 Å². The molecule has 0 saturated carbocycles. The molecule has 1 saturated heterocycles. The molecule has 1 aromatic carbocycles. The van der Waals surface area contributed by atoms with Crippen LogP contribution in [-0.2, 0) is 4.79 Å². The van der Waals surface area contributed by atoms with E-state index in [0.717, 1.165) is 25.1 Å². The Balaban J connectivity index is 2.03. The fourth-order valence-electron chi connectivity index (χ4n) is 1.78. The number of hydrogen-bond acceptors (Lipinski definition) is 4. The van der Waals surface area contributed by atoms with Gasteiger partial charge in [-0.25, -0.2) is 0 Å². The quantitative estimate of drug-likeness (QED) is 0.580. The molecule has 0 amide bonds. The van der Waals surface area contributed by atoms with E-state index in [1.54, 1.807) is 0 Å². The fourth-order valence-corrected chi connectivity index (χ4v) is 1.78. The standard InChI is InChI=1S/C12H16N2O2/c1-9(15)16-11-5-3-10(4-6-11)12-13-7-2-8-14-12/h3-6,12-14H,2,7-8H2,1H3. The molecule has 0 aromatic heterocycles. The largest absolute Gasteiger partial charge is 0.427 e. The molecule has 0 radical (unpaired) electrons. The van der Waals surface area contributed by atoms with Crippen molar-refractivity contribution in [3.05, 3.63) is 29.8 Å². The molecular formula is C12H16N2O2. The first-order valence-electron chi connectivity index (χ1n) is 5.51. The summed E-state index contributed by atoms with van der Waals surface area (Å²) in [5.41, 5.74) is 1.16. The van der Waals surface area contributed by atoms with Gasteiger partial charge in [0.2, 0.25) is 0 Å². The van der Waals surface area contributed by atoms with Crippen LogP contribution >= 0.6 is 0 Å². The summed E-state index contributed by atoms with van der Waals surface area (Å²) in [6, 6.07) is 7.56. The van der Waals surface area contributed by atoms with E-state index in [4.69, 9.17) is 4.74 Å². The molecule has 0 atom stereocenters. The van der Waals surface area contributed by atoms with Crippen molar-refractivity contribution in [3.8, 4) is 5.75 Å². The lowest BCUT2D eigenvalue weighted by Crippen LogP contribution is -2.41. The predicted molar refractivity (Wildman–Crippen MR) is 61.1 cm³/mol. The van der Waals surface area contributed by atoms with Crippen molar-refractivity contribution in [1.29, 1.82) is 0 Å². The number of carbonyl (C=O) groups is 1. The molecule has 1 aliphatic rings. The van der Waals surface area contributed by atoms with Crippen molar-refractivity contribution < 1.29 is 9.53 Å². The van der Waals surface area contributed by atoms with Gasteiger partial charge in [-0.15, -0.1) is 0 Å². The summed E-state index contributed by atoms with van der Waals surface area (Å²) in [4.78, 5) is 10.8. The van der Waals surface area contributed by atoms with Crippen LogP contribution in [0.2, 0.25) is 0 Å². The zero-order chi connectivity index (χ0) is 11.4. The molecule has 1 aliphatic heterocycles. The van der Waals surface area contributed by atoms with Crippen molar-refractivity contribution in [2.45, 2.75) is 19.5 Å². The van der Waals surface area contributed by atoms with Crippen molar-refractivity contribution >= 4 is 5.97 Å². The molecule has 86 valence electrons. The second-order valence-electron chi connectivity index (χ2n) is 3.86. The molecule has 1 aromatic rings. The summed E-state index contributed by atoms with van der Waals surface area (Å²) in [5, 5.41) is 6.75. The van der Waals surface area contributed by atoms with Crippen molar-refractivity contribution in [1.82, 2.24) is 10.6 Å². The Labute approximate surface area is 95.0 Å². The molecule has 16 heavy (non-hydrogen) atoms. The summed E-state index contributed by atoms with van der Waals surface area (Å²) in [7, 11) is 0. The first kappa shape index (κ1) is 11.1. The first-order chi connectivity index (χ1) is 7.75. The monoisotopic (exact) mass is 220 g/mol. The Morgan fingerprint density at radius 3 is 2.44 bits per heavy atom. The van der Waals surface area contributed by atoms with Crippen LogP contribution in [0.4, 0.5) is 0 Å². The Bertz CT molecular complexity index is 356. The van der Waals surface area contributed by atoms with E-state index >= 15 is 0 Å². The van der Waals surface area contributed by atoms with Crippen LogP contribution in [0, 0.1) is 0 Å². The van der Waals surface area contributed by atoms with E-state index in [1.165, 1.54) is 6.92 Å². The van der Waals surface area contributed by atoms with E-state index in [-0.39, 0.29) is 12.1 Å². The Morgan fingerprint density at radius 2 is 1.88 bits per heavy atom. The summed E-state index contributed by atoms with van der Waals surface area (Å²) in [6.45, 7) is 3.46. The molecule has 0 spiro atoms. The van der Waals surface area contributed by atoms with Crippen LogP contribution in [0.15, 0.2) is 24.3 Å². The minimum absolute atomic E-state index is 0.208. The molecule has 2 rings (SSSR count). The number of nitrogens with one attached hydrogen (secondary N) is 2. The van der Waals surface area contributed by atoms with Crippen LogP contribution in [0.3, 0.4) is 0 Å². The van der Waals surface area contributed by atoms with Gasteiger partial charge in [0.1, 0.15) is 5.75 Å². The zero-order valence-electron chi connectivity index (χ0n) is 9.32. The van der Waals surface area contributed by atoms with Crippen LogP contribution in [0.25, 0.3) is 0 Å². The van der Waals surface area contributed by atoms with Gasteiger partial charge in [0.15, 0.2) is 0 Å². The van der Waals surface area contributed by atoms with Crippen LogP contribution in [-0.4, -0.2) is 19.1 Å². The van der Waals surface area contributed by atoms with E-state index in [1.807, 2.05) is 24.3 Å². The molecule has 1 heterocycles. The van der Waals surface area contributed by atoms with Gasteiger partial charge in [-0.3, -0.25) is 15.4 Å². The van der Waals surface area contributed by atoms with Gasteiger partial charge < -0.3 is 4.74 Å². The highest BCUT2D eigenvalue weighted by atomic mass is 16.5. The van der Waals surface area contributed by atoms with Gasteiger partial charge >= 0.3 is 5.97 Å². The molecule has 2 N–H and O–H groups in total. The second kappa shape index (κ2) is 5.09. The third kappa shape index (κ3) is 2.81. The molecule has 1 fully saturated rings. The summed E-state index contributed by atoms with van der Waals surface area (Å²) >= 11 is 0. The van der Waals surface area contributed by atoms with Gasteiger partial charge in [-0.1, -0.05) is 12.1 Å². The lowest BCUT2D eigenvalue weighted by atomic mass is 10.1. The number of carbonyl (C=O) groups excluding carboxylic acids is 1. The predicted octanol–water partition coefficient (Wildman–Crippen LogP) is 1.19. The maximum absolute atomic E-state index is 10.8. The first-order valence-corrected chi connectivity index (χ1v) is 5.51. The van der Waals surface area contributed by atoms with E-state index in [2.05, 4.69) is 10.6 Å². The molecular weight excluding hydrogens is 204 g/mol. The highest BCUT2D eigenvalue weighted by Crippen LogP contribution is 2.17. The summed E-state index contributed by atoms with van der Waals surface area (Å²) < 4.78 is 4.98. The minimum atomic E-state index is -0.290. The van der Waals surface area contributed by atoms with Gasteiger partial charge in [0.25, 0.3) is 0 Å². The van der Waals surface area contributed by atoms with Crippen LogP contribution in [0.5, 0.6) is 5.75 Å². The van der Waals surface area contributed by atoms with Gasteiger partial charge in [-0.2, -0.15) is 0 Å². The second-order valence-corrected chi connectivity index (χ2v) is 3.86. The average molecular weight is 220 g/mol. The van der Waals surface area contributed by atoms with Crippen LogP contribution < -0.4 is 15.4 Å².